The Labute approximate surface area is 112 Å². The Morgan fingerprint density at radius 2 is 2.26 bits per heavy atom. The fourth-order valence-electron chi connectivity index (χ4n) is 2.03. The maximum atomic E-state index is 13.9. The third-order valence-electron chi connectivity index (χ3n) is 3.20. The summed E-state index contributed by atoms with van der Waals surface area (Å²) < 4.78 is 19.1. The number of hydrogen-bond donors (Lipinski definition) is 2. The van der Waals surface area contributed by atoms with E-state index >= 15 is 0 Å². The van der Waals surface area contributed by atoms with E-state index in [4.69, 9.17) is 4.74 Å². The molecule has 19 heavy (non-hydrogen) atoms. The van der Waals surface area contributed by atoms with Gasteiger partial charge in [-0.3, -0.25) is 5.10 Å². The van der Waals surface area contributed by atoms with Crippen molar-refractivity contribution in [1.82, 2.24) is 15.5 Å². The highest BCUT2D eigenvalue weighted by atomic mass is 19.1. The average Bonchev–Trinajstić information content (AvgIpc) is 2.81. The first-order valence-corrected chi connectivity index (χ1v) is 6.18. The highest BCUT2D eigenvalue weighted by Crippen LogP contribution is 2.27. The topological polar surface area (TPSA) is 49.9 Å². The zero-order chi connectivity index (χ0) is 13.8. The zero-order valence-corrected chi connectivity index (χ0v) is 11.3. The number of ether oxygens (including phenoxy) is 1. The molecule has 1 unspecified atom stereocenters. The van der Waals surface area contributed by atoms with E-state index in [2.05, 4.69) is 15.5 Å². The second kappa shape index (κ2) is 5.84. The molecule has 5 heteroatoms. The molecule has 0 saturated heterocycles. The zero-order valence-electron chi connectivity index (χ0n) is 11.3. The van der Waals surface area contributed by atoms with Gasteiger partial charge in [-0.15, -0.1) is 0 Å². The summed E-state index contributed by atoms with van der Waals surface area (Å²) >= 11 is 0. The molecule has 0 bridgehead atoms. The molecule has 1 aromatic heterocycles. The third kappa shape index (κ3) is 2.93. The molecule has 0 aliphatic rings. The summed E-state index contributed by atoms with van der Waals surface area (Å²) in [7, 11) is 1.55. The Balaban J connectivity index is 2.12. The summed E-state index contributed by atoms with van der Waals surface area (Å²) in [5, 5.41) is 10.1. The summed E-state index contributed by atoms with van der Waals surface area (Å²) in [4.78, 5) is 0. The van der Waals surface area contributed by atoms with E-state index in [9.17, 15) is 4.39 Å². The lowest BCUT2D eigenvalue weighted by molar-refractivity contribution is 0.393. The predicted molar refractivity (Wildman–Crippen MR) is 71.5 cm³/mol. The summed E-state index contributed by atoms with van der Waals surface area (Å²) in [6.45, 7) is 4.50. The van der Waals surface area contributed by atoms with Crippen molar-refractivity contribution >= 4 is 0 Å². The van der Waals surface area contributed by atoms with Crippen molar-refractivity contribution < 1.29 is 9.13 Å². The lowest BCUT2D eigenvalue weighted by Gasteiger charge is -2.17. The van der Waals surface area contributed by atoms with Crippen LogP contribution in [0.5, 0.6) is 5.75 Å². The van der Waals surface area contributed by atoms with Gasteiger partial charge in [0.25, 0.3) is 0 Å². The first-order chi connectivity index (χ1) is 9.13. The highest BCUT2D eigenvalue weighted by molar-refractivity contribution is 5.37. The SMILES string of the molecule is COc1cccc(F)c1C(C)NCc1cn[nH]c1C. The first-order valence-electron chi connectivity index (χ1n) is 6.18. The van der Waals surface area contributed by atoms with Crippen LogP contribution in [0.25, 0.3) is 0 Å². The van der Waals surface area contributed by atoms with E-state index in [1.807, 2.05) is 13.8 Å². The van der Waals surface area contributed by atoms with Gasteiger partial charge in [0.1, 0.15) is 11.6 Å². The lowest BCUT2D eigenvalue weighted by atomic mass is 10.1. The minimum Gasteiger partial charge on any atom is -0.496 e. The lowest BCUT2D eigenvalue weighted by Crippen LogP contribution is -2.20. The number of aromatic amines is 1. The molecule has 0 aliphatic heterocycles. The van der Waals surface area contributed by atoms with Gasteiger partial charge in [0.2, 0.25) is 0 Å². The Morgan fingerprint density at radius 3 is 2.89 bits per heavy atom. The van der Waals surface area contributed by atoms with Crippen LogP contribution in [0.2, 0.25) is 0 Å². The second-order valence-electron chi connectivity index (χ2n) is 4.48. The van der Waals surface area contributed by atoms with E-state index in [1.165, 1.54) is 6.07 Å². The summed E-state index contributed by atoms with van der Waals surface area (Å²) in [6, 6.07) is 4.70. The standard InChI is InChI=1S/C14H18FN3O/c1-9-11(8-17-18-9)7-16-10(2)14-12(15)5-4-6-13(14)19-3/h4-6,8,10,16H,7H2,1-3H3,(H,17,18). The van der Waals surface area contributed by atoms with E-state index in [1.54, 1.807) is 25.4 Å². The van der Waals surface area contributed by atoms with E-state index in [0.29, 0.717) is 17.9 Å². The van der Waals surface area contributed by atoms with Crippen molar-refractivity contribution in [3.05, 3.63) is 47.0 Å². The number of nitrogens with zero attached hydrogens (tertiary/aromatic N) is 1. The minimum absolute atomic E-state index is 0.148. The van der Waals surface area contributed by atoms with Crippen molar-refractivity contribution in [2.45, 2.75) is 26.4 Å². The average molecular weight is 263 g/mol. The van der Waals surface area contributed by atoms with Crippen LogP contribution in [-0.4, -0.2) is 17.3 Å². The number of halogens is 1. The molecule has 1 aromatic carbocycles. The second-order valence-corrected chi connectivity index (χ2v) is 4.48. The van der Waals surface area contributed by atoms with Gasteiger partial charge in [-0.2, -0.15) is 5.10 Å². The maximum absolute atomic E-state index is 13.9. The molecular formula is C14H18FN3O. The summed E-state index contributed by atoms with van der Waals surface area (Å²) in [5.74, 6) is 0.298. The molecule has 0 spiro atoms. The Hall–Kier alpha value is -1.88. The van der Waals surface area contributed by atoms with E-state index in [0.717, 1.165) is 11.3 Å². The van der Waals surface area contributed by atoms with Crippen LogP contribution in [0.4, 0.5) is 4.39 Å². The Morgan fingerprint density at radius 1 is 1.47 bits per heavy atom. The van der Waals surface area contributed by atoms with Gasteiger partial charge in [0.15, 0.2) is 0 Å². The molecule has 1 heterocycles. The molecule has 0 amide bonds. The number of rotatable bonds is 5. The number of aryl methyl sites for hydroxylation is 1. The van der Waals surface area contributed by atoms with Gasteiger partial charge in [-0.1, -0.05) is 6.07 Å². The Kier molecular flexibility index (Phi) is 4.16. The van der Waals surface area contributed by atoms with Gasteiger partial charge in [0.05, 0.1) is 13.3 Å². The molecule has 2 aromatic rings. The van der Waals surface area contributed by atoms with Crippen molar-refractivity contribution in [3.8, 4) is 5.75 Å². The molecule has 102 valence electrons. The maximum Gasteiger partial charge on any atom is 0.131 e. The molecular weight excluding hydrogens is 245 g/mol. The normalized spacial score (nSPS) is 12.4. The van der Waals surface area contributed by atoms with Crippen molar-refractivity contribution in [2.75, 3.05) is 7.11 Å². The molecule has 1 atom stereocenters. The number of hydrogen-bond acceptors (Lipinski definition) is 3. The molecule has 0 saturated carbocycles. The van der Waals surface area contributed by atoms with E-state index in [-0.39, 0.29) is 11.9 Å². The minimum atomic E-state index is -0.261. The summed E-state index contributed by atoms with van der Waals surface area (Å²) in [5.41, 5.74) is 2.63. The van der Waals surface area contributed by atoms with Crippen LogP contribution in [-0.2, 0) is 6.54 Å². The van der Waals surface area contributed by atoms with Gasteiger partial charge in [-0.05, 0) is 26.0 Å². The number of nitrogens with one attached hydrogen (secondary N) is 2. The fraction of sp³-hybridized carbons (Fsp3) is 0.357. The number of H-pyrrole nitrogens is 1. The van der Waals surface area contributed by atoms with Crippen LogP contribution >= 0.6 is 0 Å². The van der Waals surface area contributed by atoms with Gasteiger partial charge >= 0.3 is 0 Å². The number of aromatic nitrogens is 2. The highest BCUT2D eigenvalue weighted by Gasteiger charge is 2.16. The molecule has 0 aliphatic carbocycles. The van der Waals surface area contributed by atoms with Gasteiger partial charge < -0.3 is 10.1 Å². The monoisotopic (exact) mass is 263 g/mol. The van der Waals surface area contributed by atoms with Crippen LogP contribution in [0.15, 0.2) is 24.4 Å². The molecule has 0 fully saturated rings. The third-order valence-corrected chi connectivity index (χ3v) is 3.20. The van der Waals surface area contributed by atoms with Crippen molar-refractivity contribution in [3.63, 3.8) is 0 Å². The number of methoxy groups -OCH3 is 1. The van der Waals surface area contributed by atoms with Crippen LogP contribution < -0.4 is 10.1 Å². The number of benzene rings is 1. The first kappa shape index (κ1) is 13.5. The van der Waals surface area contributed by atoms with Crippen LogP contribution in [0.3, 0.4) is 0 Å². The van der Waals surface area contributed by atoms with Gasteiger partial charge in [-0.25, -0.2) is 4.39 Å². The Bertz CT molecular complexity index is 553. The quantitative estimate of drug-likeness (QED) is 0.872. The van der Waals surface area contributed by atoms with Crippen molar-refractivity contribution in [1.29, 1.82) is 0 Å². The smallest absolute Gasteiger partial charge is 0.131 e. The molecule has 2 rings (SSSR count). The fourth-order valence-corrected chi connectivity index (χ4v) is 2.03. The largest absolute Gasteiger partial charge is 0.496 e. The molecule has 0 radical (unpaired) electrons. The van der Waals surface area contributed by atoms with Gasteiger partial charge in [0, 0.05) is 29.4 Å². The van der Waals surface area contributed by atoms with Crippen LogP contribution in [0.1, 0.15) is 29.8 Å². The molecule has 2 N–H and O–H groups in total. The summed E-state index contributed by atoms with van der Waals surface area (Å²) in [6.07, 6.45) is 1.77. The van der Waals surface area contributed by atoms with Crippen molar-refractivity contribution in [2.24, 2.45) is 0 Å². The predicted octanol–water partition coefficient (Wildman–Crippen LogP) is 2.72. The van der Waals surface area contributed by atoms with E-state index < -0.39 is 0 Å². The van der Waals surface area contributed by atoms with Crippen LogP contribution in [0, 0.1) is 12.7 Å². The molecule has 4 nitrogen and oxygen atoms in total.